The molecule has 25 heavy (non-hydrogen) atoms. The number of benzene rings is 1. The lowest BCUT2D eigenvalue weighted by Crippen LogP contribution is -2.15. The minimum atomic E-state index is -3.44. The van der Waals surface area contributed by atoms with Crippen LogP contribution in [0.2, 0.25) is 0 Å². The Morgan fingerprint density at radius 2 is 2.00 bits per heavy atom. The van der Waals surface area contributed by atoms with Crippen LogP contribution >= 0.6 is 0 Å². The van der Waals surface area contributed by atoms with E-state index in [-0.39, 0.29) is 23.3 Å². The first-order chi connectivity index (χ1) is 11.6. The molecule has 0 saturated heterocycles. The standard InChI is InChI=1S/C16H21N3O5S/c1-9(2)15-14(10(3)18-24-15)16(20)17-11-6-7-12(13(8-11)23-4)19-25(5,21)22/h6-9,19H,1-5H3,(H,17,20). The number of hydrogen-bond acceptors (Lipinski definition) is 6. The Balaban J connectivity index is 2.29. The highest BCUT2D eigenvalue weighted by atomic mass is 32.2. The summed E-state index contributed by atoms with van der Waals surface area (Å²) < 4.78 is 35.5. The van der Waals surface area contributed by atoms with Gasteiger partial charge in [0.2, 0.25) is 10.0 Å². The number of aromatic nitrogens is 1. The van der Waals surface area contributed by atoms with Crippen LogP contribution in [0.1, 0.15) is 41.6 Å². The Morgan fingerprint density at radius 3 is 2.56 bits per heavy atom. The largest absolute Gasteiger partial charge is 0.494 e. The van der Waals surface area contributed by atoms with Crippen LogP contribution in [0, 0.1) is 6.92 Å². The van der Waals surface area contributed by atoms with E-state index in [0.29, 0.717) is 22.7 Å². The molecule has 2 rings (SSSR count). The van der Waals surface area contributed by atoms with Crippen molar-refractivity contribution in [3.63, 3.8) is 0 Å². The number of carbonyl (C=O) groups is 1. The highest BCUT2D eigenvalue weighted by Crippen LogP contribution is 2.29. The van der Waals surface area contributed by atoms with Crippen LogP contribution in [0.5, 0.6) is 5.75 Å². The molecule has 136 valence electrons. The second-order valence-electron chi connectivity index (χ2n) is 5.91. The zero-order chi connectivity index (χ0) is 18.8. The van der Waals surface area contributed by atoms with Crippen LogP contribution in [-0.2, 0) is 10.0 Å². The normalized spacial score (nSPS) is 11.4. The fraction of sp³-hybridized carbons (Fsp3) is 0.375. The topological polar surface area (TPSA) is 111 Å². The highest BCUT2D eigenvalue weighted by molar-refractivity contribution is 7.92. The number of ether oxygens (including phenoxy) is 1. The van der Waals surface area contributed by atoms with Gasteiger partial charge in [-0.05, 0) is 19.1 Å². The summed E-state index contributed by atoms with van der Waals surface area (Å²) in [6.07, 6.45) is 1.05. The Bertz CT molecular complexity index is 887. The SMILES string of the molecule is COc1cc(NC(=O)c2c(C)noc2C(C)C)ccc1NS(C)(=O)=O. The van der Waals surface area contributed by atoms with Gasteiger partial charge in [-0.15, -0.1) is 0 Å². The second-order valence-corrected chi connectivity index (χ2v) is 7.65. The first kappa shape index (κ1) is 18.8. The lowest BCUT2D eigenvalue weighted by Gasteiger charge is -2.12. The van der Waals surface area contributed by atoms with Crippen molar-refractivity contribution >= 4 is 27.3 Å². The van der Waals surface area contributed by atoms with E-state index in [0.717, 1.165) is 6.26 Å². The average Bonchev–Trinajstić information content (AvgIpc) is 2.89. The summed E-state index contributed by atoms with van der Waals surface area (Å²) in [6.45, 7) is 5.51. The summed E-state index contributed by atoms with van der Waals surface area (Å²) in [5.74, 6) is 0.456. The van der Waals surface area contributed by atoms with Crippen molar-refractivity contribution in [3.8, 4) is 5.75 Å². The number of anilines is 2. The molecule has 8 nitrogen and oxygen atoms in total. The molecule has 0 aliphatic carbocycles. The van der Waals surface area contributed by atoms with Crippen molar-refractivity contribution in [3.05, 3.63) is 35.2 Å². The van der Waals surface area contributed by atoms with E-state index in [1.165, 1.54) is 19.2 Å². The fourth-order valence-electron chi connectivity index (χ4n) is 2.30. The van der Waals surface area contributed by atoms with Crippen molar-refractivity contribution in [1.29, 1.82) is 0 Å². The third-order valence-corrected chi connectivity index (χ3v) is 3.99. The zero-order valence-electron chi connectivity index (χ0n) is 14.7. The van der Waals surface area contributed by atoms with Gasteiger partial charge in [0.05, 0.1) is 24.7 Å². The summed E-state index contributed by atoms with van der Waals surface area (Å²) >= 11 is 0. The summed E-state index contributed by atoms with van der Waals surface area (Å²) in [5, 5.41) is 6.60. The van der Waals surface area contributed by atoms with E-state index in [1.807, 2.05) is 13.8 Å². The minimum absolute atomic E-state index is 0.0119. The molecule has 0 saturated carbocycles. The smallest absolute Gasteiger partial charge is 0.261 e. The molecule has 0 aliphatic heterocycles. The molecule has 1 amide bonds. The molecule has 0 atom stereocenters. The molecule has 0 unspecified atom stereocenters. The third-order valence-electron chi connectivity index (χ3n) is 3.40. The molecule has 2 aromatic rings. The maximum Gasteiger partial charge on any atom is 0.261 e. The number of methoxy groups -OCH3 is 1. The van der Waals surface area contributed by atoms with Crippen molar-refractivity contribution in [2.45, 2.75) is 26.7 Å². The molecule has 1 aromatic carbocycles. The maximum absolute atomic E-state index is 12.6. The summed E-state index contributed by atoms with van der Waals surface area (Å²) in [5.41, 5.74) is 1.64. The predicted molar refractivity (Wildman–Crippen MR) is 94.7 cm³/mol. The molecule has 0 spiro atoms. The molecule has 0 fully saturated rings. The molecule has 0 bridgehead atoms. The Labute approximate surface area is 146 Å². The van der Waals surface area contributed by atoms with Gasteiger partial charge < -0.3 is 14.6 Å². The second kappa shape index (κ2) is 7.14. The van der Waals surface area contributed by atoms with Crippen LogP contribution in [0.25, 0.3) is 0 Å². The summed E-state index contributed by atoms with van der Waals surface area (Å²) in [6, 6.07) is 4.62. The molecule has 9 heteroatoms. The van der Waals surface area contributed by atoms with Gasteiger partial charge in [-0.25, -0.2) is 8.42 Å². The number of sulfonamides is 1. The highest BCUT2D eigenvalue weighted by Gasteiger charge is 2.23. The van der Waals surface area contributed by atoms with Gasteiger partial charge in [0, 0.05) is 17.7 Å². The molecular formula is C16H21N3O5S. The Kier molecular flexibility index (Phi) is 5.36. The lowest BCUT2D eigenvalue weighted by atomic mass is 10.0. The lowest BCUT2D eigenvalue weighted by molar-refractivity contribution is 0.102. The van der Waals surface area contributed by atoms with Gasteiger partial charge in [-0.2, -0.15) is 0 Å². The number of rotatable bonds is 6. The first-order valence-electron chi connectivity index (χ1n) is 7.55. The van der Waals surface area contributed by atoms with Crippen molar-refractivity contribution in [2.75, 3.05) is 23.4 Å². The summed E-state index contributed by atoms with van der Waals surface area (Å²) in [4.78, 5) is 12.6. The van der Waals surface area contributed by atoms with Crippen LogP contribution in [0.4, 0.5) is 11.4 Å². The van der Waals surface area contributed by atoms with E-state index in [2.05, 4.69) is 15.2 Å². The number of hydrogen-bond donors (Lipinski definition) is 2. The number of nitrogens with zero attached hydrogens (tertiary/aromatic N) is 1. The number of aryl methyl sites for hydroxylation is 1. The fourth-order valence-corrected chi connectivity index (χ4v) is 2.87. The molecule has 0 radical (unpaired) electrons. The minimum Gasteiger partial charge on any atom is -0.494 e. The van der Waals surface area contributed by atoms with Crippen molar-refractivity contribution in [2.24, 2.45) is 0 Å². The molecular weight excluding hydrogens is 346 g/mol. The molecule has 2 N–H and O–H groups in total. The van der Waals surface area contributed by atoms with Crippen molar-refractivity contribution < 1.29 is 22.5 Å². The predicted octanol–water partition coefficient (Wildman–Crippen LogP) is 2.74. The van der Waals surface area contributed by atoms with E-state index in [9.17, 15) is 13.2 Å². The van der Waals surface area contributed by atoms with Gasteiger partial charge in [-0.1, -0.05) is 19.0 Å². The summed E-state index contributed by atoms with van der Waals surface area (Å²) in [7, 11) is -2.03. The number of amides is 1. The van der Waals surface area contributed by atoms with Crippen LogP contribution in [-0.4, -0.2) is 32.8 Å². The zero-order valence-corrected chi connectivity index (χ0v) is 15.5. The van der Waals surface area contributed by atoms with E-state index >= 15 is 0 Å². The van der Waals surface area contributed by atoms with Crippen molar-refractivity contribution in [1.82, 2.24) is 5.16 Å². The van der Waals surface area contributed by atoms with Gasteiger partial charge in [0.15, 0.2) is 5.76 Å². The van der Waals surface area contributed by atoms with Gasteiger partial charge in [0.1, 0.15) is 11.3 Å². The van der Waals surface area contributed by atoms with Gasteiger partial charge in [-0.3, -0.25) is 9.52 Å². The maximum atomic E-state index is 12.6. The van der Waals surface area contributed by atoms with Gasteiger partial charge in [0.25, 0.3) is 5.91 Å². The molecule has 1 aromatic heterocycles. The van der Waals surface area contributed by atoms with Crippen LogP contribution in [0.15, 0.2) is 22.7 Å². The molecule has 1 heterocycles. The van der Waals surface area contributed by atoms with E-state index in [1.54, 1.807) is 13.0 Å². The van der Waals surface area contributed by atoms with Crippen LogP contribution < -0.4 is 14.8 Å². The van der Waals surface area contributed by atoms with E-state index < -0.39 is 10.0 Å². The van der Waals surface area contributed by atoms with E-state index in [4.69, 9.17) is 9.26 Å². The molecule has 0 aliphatic rings. The number of carbonyl (C=O) groups excluding carboxylic acids is 1. The Morgan fingerprint density at radius 1 is 1.32 bits per heavy atom. The van der Waals surface area contributed by atoms with Gasteiger partial charge >= 0.3 is 0 Å². The Hall–Kier alpha value is -2.55. The average molecular weight is 367 g/mol. The van der Waals surface area contributed by atoms with Crippen LogP contribution in [0.3, 0.4) is 0 Å². The third kappa shape index (κ3) is 4.50. The first-order valence-corrected chi connectivity index (χ1v) is 9.45. The number of nitrogens with one attached hydrogen (secondary N) is 2. The monoisotopic (exact) mass is 367 g/mol. The quantitative estimate of drug-likeness (QED) is 0.812.